The Hall–Kier alpha value is -2.25. The molecule has 0 radical (unpaired) electrons. The van der Waals surface area contributed by atoms with E-state index in [-0.39, 0.29) is 23.7 Å². The molecule has 0 bridgehead atoms. The highest BCUT2D eigenvalue weighted by Gasteiger charge is 2.25. The summed E-state index contributed by atoms with van der Waals surface area (Å²) in [4.78, 5) is 25.3. The highest BCUT2D eigenvalue weighted by Crippen LogP contribution is 2.14. The molecule has 8 heteroatoms. The van der Waals surface area contributed by atoms with Crippen molar-refractivity contribution in [1.82, 2.24) is 20.0 Å². The summed E-state index contributed by atoms with van der Waals surface area (Å²) in [5, 5.41) is 6.95. The van der Waals surface area contributed by atoms with Crippen molar-refractivity contribution in [3.8, 4) is 0 Å². The minimum atomic E-state index is -0.295. The molecule has 1 aromatic rings. The SMILES string of the molecule is CCOC(=O)N1CCC(NC(=O)c2nn(C)cc2N)CC1. The number of carbonyl (C=O) groups is 2. The van der Waals surface area contributed by atoms with Gasteiger partial charge in [-0.3, -0.25) is 9.48 Å². The van der Waals surface area contributed by atoms with E-state index in [9.17, 15) is 9.59 Å². The molecule has 0 unspecified atom stereocenters. The summed E-state index contributed by atoms with van der Waals surface area (Å²) >= 11 is 0. The highest BCUT2D eigenvalue weighted by molar-refractivity contribution is 5.97. The first kappa shape index (κ1) is 15.1. The maximum Gasteiger partial charge on any atom is 0.409 e. The lowest BCUT2D eigenvalue weighted by Gasteiger charge is -2.31. The van der Waals surface area contributed by atoms with Gasteiger partial charge < -0.3 is 20.7 Å². The number of ether oxygens (including phenoxy) is 1. The Kier molecular flexibility index (Phi) is 4.66. The molecular formula is C13H21N5O3. The van der Waals surface area contributed by atoms with Crippen LogP contribution in [0.2, 0.25) is 0 Å². The Labute approximate surface area is 123 Å². The van der Waals surface area contributed by atoms with Gasteiger partial charge in [0, 0.05) is 32.4 Å². The van der Waals surface area contributed by atoms with Crippen LogP contribution in [0.1, 0.15) is 30.3 Å². The van der Waals surface area contributed by atoms with Gasteiger partial charge in [-0.1, -0.05) is 0 Å². The number of amides is 2. The van der Waals surface area contributed by atoms with Crippen molar-refractivity contribution in [1.29, 1.82) is 0 Å². The second-order valence-electron chi connectivity index (χ2n) is 5.04. The zero-order valence-electron chi connectivity index (χ0n) is 12.3. The van der Waals surface area contributed by atoms with Crippen LogP contribution in [0.15, 0.2) is 6.20 Å². The van der Waals surface area contributed by atoms with Gasteiger partial charge in [-0.25, -0.2) is 4.79 Å². The number of nitrogen functional groups attached to an aromatic ring is 1. The van der Waals surface area contributed by atoms with E-state index >= 15 is 0 Å². The quantitative estimate of drug-likeness (QED) is 0.838. The maximum atomic E-state index is 12.1. The zero-order valence-corrected chi connectivity index (χ0v) is 12.3. The van der Waals surface area contributed by atoms with Crippen molar-refractivity contribution in [3.63, 3.8) is 0 Å². The van der Waals surface area contributed by atoms with Crippen molar-refractivity contribution in [2.24, 2.45) is 7.05 Å². The van der Waals surface area contributed by atoms with Gasteiger partial charge in [0.2, 0.25) is 0 Å². The molecule has 116 valence electrons. The average Bonchev–Trinajstić information content (AvgIpc) is 2.79. The van der Waals surface area contributed by atoms with E-state index in [1.165, 1.54) is 4.68 Å². The summed E-state index contributed by atoms with van der Waals surface area (Å²) in [6.07, 6.45) is 2.68. The van der Waals surface area contributed by atoms with Gasteiger partial charge in [-0.15, -0.1) is 0 Å². The number of carbonyl (C=O) groups excluding carboxylic acids is 2. The third-order valence-corrected chi connectivity index (χ3v) is 3.43. The van der Waals surface area contributed by atoms with Crippen LogP contribution in [-0.2, 0) is 11.8 Å². The Balaban J connectivity index is 1.85. The molecule has 8 nitrogen and oxygen atoms in total. The van der Waals surface area contributed by atoms with Crippen LogP contribution in [0.25, 0.3) is 0 Å². The molecule has 1 saturated heterocycles. The van der Waals surface area contributed by atoms with E-state index in [4.69, 9.17) is 10.5 Å². The zero-order chi connectivity index (χ0) is 15.4. The summed E-state index contributed by atoms with van der Waals surface area (Å²) < 4.78 is 6.46. The van der Waals surface area contributed by atoms with Crippen LogP contribution in [0, 0.1) is 0 Å². The average molecular weight is 295 g/mol. The van der Waals surface area contributed by atoms with Crippen LogP contribution in [0.3, 0.4) is 0 Å². The highest BCUT2D eigenvalue weighted by atomic mass is 16.6. The van der Waals surface area contributed by atoms with Crippen molar-refractivity contribution in [2.45, 2.75) is 25.8 Å². The van der Waals surface area contributed by atoms with Crippen LogP contribution >= 0.6 is 0 Å². The Morgan fingerprint density at radius 1 is 1.48 bits per heavy atom. The fourth-order valence-corrected chi connectivity index (χ4v) is 2.36. The molecule has 0 aliphatic carbocycles. The molecule has 1 aromatic heterocycles. The molecule has 0 saturated carbocycles. The van der Waals surface area contributed by atoms with Crippen LogP contribution in [0.4, 0.5) is 10.5 Å². The van der Waals surface area contributed by atoms with Gasteiger partial charge in [0.05, 0.1) is 12.3 Å². The van der Waals surface area contributed by atoms with E-state index in [0.717, 1.165) is 0 Å². The lowest BCUT2D eigenvalue weighted by molar-refractivity contribution is 0.0857. The number of piperidine rings is 1. The molecule has 0 atom stereocenters. The number of nitrogens with zero attached hydrogens (tertiary/aromatic N) is 3. The lowest BCUT2D eigenvalue weighted by atomic mass is 10.1. The molecule has 2 rings (SSSR count). The van der Waals surface area contributed by atoms with E-state index in [1.807, 2.05) is 0 Å². The Bertz CT molecular complexity index is 520. The third-order valence-electron chi connectivity index (χ3n) is 3.43. The number of aryl methyl sites for hydroxylation is 1. The number of anilines is 1. The normalized spacial score (nSPS) is 15.8. The summed E-state index contributed by atoms with van der Waals surface area (Å²) in [5.74, 6) is -0.275. The van der Waals surface area contributed by atoms with Crippen LogP contribution < -0.4 is 11.1 Å². The van der Waals surface area contributed by atoms with Gasteiger partial charge in [-0.05, 0) is 19.8 Å². The molecule has 2 heterocycles. The number of hydrogen-bond donors (Lipinski definition) is 2. The third kappa shape index (κ3) is 3.65. The number of likely N-dealkylation sites (tertiary alicyclic amines) is 1. The fraction of sp³-hybridized carbons (Fsp3) is 0.615. The monoisotopic (exact) mass is 295 g/mol. The maximum absolute atomic E-state index is 12.1. The second-order valence-corrected chi connectivity index (χ2v) is 5.04. The molecule has 1 fully saturated rings. The standard InChI is InChI=1S/C13H21N5O3/c1-3-21-13(20)18-6-4-9(5-7-18)15-12(19)11-10(14)8-17(2)16-11/h8-9H,3-7,14H2,1-2H3,(H,15,19). The van der Waals surface area contributed by atoms with Gasteiger partial charge in [0.15, 0.2) is 5.69 Å². The summed E-state index contributed by atoms with van der Waals surface area (Å²) in [7, 11) is 1.71. The largest absolute Gasteiger partial charge is 0.450 e. The molecule has 1 aliphatic rings. The van der Waals surface area contributed by atoms with Crippen molar-refractivity contribution < 1.29 is 14.3 Å². The topological polar surface area (TPSA) is 102 Å². The van der Waals surface area contributed by atoms with E-state index in [2.05, 4.69) is 10.4 Å². The fourth-order valence-electron chi connectivity index (χ4n) is 2.36. The van der Waals surface area contributed by atoms with Crippen molar-refractivity contribution >= 4 is 17.7 Å². The second kappa shape index (κ2) is 6.47. The molecule has 1 aliphatic heterocycles. The number of aromatic nitrogens is 2. The van der Waals surface area contributed by atoms with Gasteiger partial charge >= 0.3 is 6.09 Å². The number of hydrogen-bond acceptors (Lipinski definition) is 5. The smallest absolute Gasteiger partial charge is 0.409 e. The molecule has 3 N–H and O–H groups in total. The van der Waals surface area contributed by atoms with E-state index in [1.54, 1.807) is 25.1 Å². The Morgan fingerprint density at radius 2 is 2.14 bits per heavy atom. The van der Waals surface area contributed by atoms with Gasteiger partial charge in [0.1, 0.15) is 0 Å². The van der Waals surface area contributed by atoms with E-state index < -0.39 is 0 Å². The number of nitrogens with two attached hydrogens (primary N) is 1. The van der Waals surface area contributed by atoms with E-state index in [0.29, 0.717) is 38.2 Å². The van der Waals surface area contributed by atoms with Crippen molar-refractivity contribution in [2.75, 3.05) is 25.4 Å². The minimum absolute atomic E-state index is 0.0181. The first-order valence-electron chi connectivity index (χ1n) is 7.03. The lowest BCUT2D eigenvalue weighted by Crippen LogP contribution is -2.46. The summed E-state index contributed by atoms with van der Waals surface area (Å²) in [6.45, 7) is 3.29. The summed E-state index contributed by atoms with van der Waals surface area (Å²) in [6, 6.07) is 0.0181. The predicted molar refractivity (Wildman–Crippen MR) is 76.7 cm³/mol. The Morgan fingerprint density at radius 3 is 2.67 bits per heavy atom. The minimum Gasteiger partial charge on any atom is -0.450 e. The number of rotatable bonds is 3. The van der Waals surface area contributed by atoms with Crippen LogP contribution in [0.5, 0.6) is 0 Å². The molecule has 2 amide bonds. The van der Waals surface area contributed by atoms with Crippen molar-refractivity contribution in [3.05, 3.63) is 11.9 Å². The van der Waals surface area contributed by atoms with Gasteiger partial charge in [0.25, 0.3) is 5.91 Å². The molecule has 21 heavy (non-hydrogen) atoms. The molecule has 0 spiro atoms. The number of nitrogens with one attached hydrogen (secondary N) is 1. The molecule has 0 aromatic carbocycles. The summed E-state index contributed by atoms with van der Waals surface area (Å²) in [5.41, 5.74) is 6.33. The van der Waals surface area contributed by atoms with Crippen LogP contribution in [-0.4, -0.2) is 52.4 Å². The molecular weight excluding hydrogens is 274 g/mol. The first-order chi connectivity index (χ1) is 10.0. The van der Waals surface area contributed by atoms with Gasteiger partial charge in [-0.2, -0.15) is 5.10 Å². The predicted octanol–water partition coefficient (Wildman–Crippen LogP) is 0.353. The first-order valence-corrected chi connectivity index (χ1v) is 7.03.